The van der Waals surface area contributed by atoms with E-state index in [0.29, 0.717) is 12.6 Å². The van der Waals surface area contributed by atoms with Gasteiger partial charge in [0.25, 0.3) is 0 Å². The summed E-state index contributed by atoms with van der Waals surface area (Å²) >= 11 is 0. The first-order valence-corrected chi connectivity index (χ1v) is 11.8. The lowest BCUT2D eigenvalue weighted by Gasteiger charge is -2.28. The van der Waals surface area contributed by atoms with Gasteiger partial charge in [-0.3, -0.25) is 19.7 Å². The third-order valence-corrected chi connectivity index (χ3v) is 7.18. The highest BCUT2D eigenvalue weighted by Crippen LogP contribution is 2.50. The zero-order valence-electron chi connectivity index (χ0n) is 19.7. The molecule has 2 fully saturated rings. The second kappa shape index (κ2) is 8.71. The fourth-order valence-corrected chi connectivity index (χ4v) is 5.42. The molecule has 5 heterocycles. The molecule has 1 spiro atoms. The van der Waals surface area contributed by atoms with Crippen LogP contribution >= 0.6 is 0 Å². The topological polar surface area (TPSA) is 67.2 Å². The summed E-state index contributed by atoms with van der Waals surface area (Å²) in [5.41, 5.74) is 3.79. The van der Waals surface area contributed by atoms with Crippen LogP contribution in [0.2, 0.25) is 0 Å². The van der Waals surface area contributed by atoms with Crippen LogP contribution in [0.1, 0.15) is 54.9 Å². The monoisotopic (exact) mass is 444 g/mol. The number of amides is 1. The van der Waals surface area contributed by atoms with Gasteiger partial charge < -0.3 is 9.47 Å². The van der Waals surface area contributed by atoms with Gasteiger partial charge in [0.1, 0.15) is 0 Å². The smallest absolute Gasteiger partial charge is 0.231 e. The number of imidazole rings is 1. The van der Waals surface area contributed by atoms with E-state index >= 15 is 0 Å². The SMILES string of the molecule is Cc1cccc(CN2C[C@@H](c3cn(C(C)C)cn3)[C@@]3(CCN(Cc4ccncc4)C3=O)C2)n1. The second-order valence-electron chi connectivity index (χ2n) is 9.82. The molecule has 33 heavy (non-hydrogen) atoms. The first-order chi connectivity index (χ1) is 15.9. The Labute approximate surface area is 195 Å². The molecule has 0 aliphatic carbocycles. The van der Waals surface area contributed by atoms with Gasteiger partial charge in [-0.2, -0.15) is 0 Å². The summed E-state index contributed by atoms with van der Waals surface area (Å²) < 4.78 is 2.14. The summed E-state index contributed by atoms with van der Waals surface area (Å²) in [6.07, 6.45) is 8.49. The van der Waals surface area contributed by atoms with Crippen molar-refractivity contribution in [2.24, 2.45) is 5.41 Å². The Morgan fingerprint density at radius 2 is 1.97 bits per heavy atom. The molecule has 3 aromatic rings. The van der Waals surface area contributed by atoms with E-state index in [2.05, 4.69) is 46.6 Å². The summed E-state index contributed by atoms with van der Waals surface area (Å²) in [7, 11) is 0. The Morgan fingerprint density at radius 3 is 2.70 bits per heavy atom. The van der Waals surface area contributed by atoms with E-state index in [1.165, 1.54) is 0 Å². The first kappa shape index (κ1) is 21.8. The zero-order chi connectivity index (χ0) is 23.0. The van der Waals surface area contributed by atoms with Gasteiger partial charge >= 0.3 is 0 Å². The number of carbonyl (C=O) groups is 1. The van der Waals surface area contributed by atoms with Crippen LogP contribution in [0.3, 0.4) is 0 Å². The van der Waals surface area contributed by atoms with Crippen molar-refractivity contribution in [3.63, 3.8) is 0 Å². The van der Waals surface area contributed by atoms with Crippen molar-refractivity contribution >= 4 is 5.91 Å². The van der Waals surface area contributed by atoms with Gasteiger partial charge in [-0.05, 0) is 57.0 Å². The molecule has 0 saturated carbocycles. The highest BCUT2D eigenvalue weighted by molar-refractivity contribution is 5.86. The normalized spacial score (nSPS) is 23.3. The summed E-state index contributed by atoms with van der Waals surface area (Å²) in [4.78, 5) is 32.0. The number of nitrogens with zero attached hydrogens (tertiary/aromatic N) is 6. The molecule has 7 nitrogen and oxygen atoms in total. The minimum atomic E-state index is -0.437. The Hall–Kier alpha value is -3.06. The molecular formula is C26H32N6O. The van der Waals surface area contributed by atoms with Crippen molar-refractivity contribution in [3.8, 4) is 0 Å². The highest BCUT2D eigenvalue weighted by atomic mass is 16.2. The summed E-state index contributed by atoms with van der Waals surface area (Å²) in [6.45, 7) is 10.1. The largest absolute Gasteiger partial charge is 0.338 e. The molecule has 0 unspecified atom stereocenters. The summed E-state index contributed by atoms with van der Waals surface area (Å²) in [6, 6.07) is 10.5. The molecule has 2 aliphatic heterocycles. The number of hydrogen-bond donors (Lipinski definition) is 0. The van der Waals surface area contributed by atoms with E-state index in [0.717, 1.165) is 55.2 Å². The number of likely N-dealkylation sites (tertiary alicyclic amines) is 2. The van der Waals surface area contributed by atoms with E-state index in [1.807, 2.05) is 36.4 Å². The van der Waals surface area contributed by atoms with Crippen LogP contribution in [0.5, 0.6) is 0 Å². The molecular weight excluding hydrogens is 412 g/mol. The van der Waals surface area contributed by atoms with Crippen molar-refractivity contribution in [3.05, 3.63) is 77.9 Å². The third-order valence-electron chi connectivity index (χ3n) is 7.18. The van der Waals surface area contributed by atoms with E-state index in [4.69, 9.17) is 9.97 Å². The minimum Gasteiger partial charge on any atom is -0.338 e. The molecule has 0 radical (unpaired) electrons. The molecule has 2 atom stereocenters. The lowest BCUT2D eigenvalue weighted by Crippen LogP contribution is -2.39. The lowest BCUT2D eigenvalue weighted by atomic mass is 9.75. The Morgan fingerprint density at radius 1 is 1.15 bits per heavy atom. The van der Waals surface area contributed by atoms with Crippen molar-refractivity contribution in [2.75, 3.05) is 19.6 Å². The number of pyridine rings is 2. The molecule has 0 bridgehead atoms. The number of aryl methyl sites for hydroxylation is 1. The Bertz CT molecular complexity index is 1130. The molecule has 0 aromatic carbocycles. The predicted octanol–water partition coefficient (Wildman–Crippen LogP) is 3.58. The van der Waals surface area contributed by atoms with Crippen LogP contribution in [0.4, 0.5) is 0 Å². The number of hydrogen-bond acceptors (Lipinski definition) is 5. The van der Waals surface area contributed by atoms with Crippen molar-refractivity contribution in [1.82, 2.24) is 29.3 Å². The van der Waals surface area contributed by atoms with E-state index in [9.17, 15) is 4.79 Å². The number of carbonyl (C=O) groups excluding carboxylic acids is 1. The van der Waals surface area contributed by atoms with Gasteiger partial charge in [0.05, 0.1) is 23.1 Å². The van der Waals surface area contributed by atoms with Crippen molar-refractivity contribution in [1.29, 1.82) is 0 Å². The first-order valence-electron chi connectivity index (χ1n) is 11.8. The Balaban J connectivity index is 1.43. The van der Waals surface area contributed by atoms with Crippen molar-refractivity contribution in [2.45, 2.75) is 52.2 Å². The maximum absolute atomic E-state index is 13.9. The lowest BCUT2D eigenvalue weighted by molar-refractivity contribution is -0.136. The molecule has 2 saturated heterocycles. The fourth-order valence-electron chi connectivity index (χ4n) is 5.42. The fraction of sp³-hybridized carbons (Fsp3) is 0.462. The maximum Gasteiger partial charge on any atom is 0.231 e. The zero-order valence-corrected chi connectivity index (χ0v) is 19.7. The molecule has 7 heteroatoms. The van der Waals surface area contributed by atoms with Gasteiger partial charge in [-0.15, -0.1) is 0 Å². The predicted molar refractivity (Wildman–Crippen MR) is 126 cm³/mol. The number of rotatable bonds is 6. The molecule has 172 valence electrons. The van der Waals surface area contributed by atoms with Gasteiger partial charge in [-0.25, -0.2) is 4.98 Å². The summed E-state index contributed by atoms with van der Waals surface area (Å²) in [5, 5.41) is 0. The van der Waals surface area contributed by atoms with Gasteiger partial charge in [-0.1, -0.05) is 6.07 Å². The second-order valence-corrected chi connectivity index (χ2v) is 9.82. The Kier molecular flexibility index (Phi) is 5.74. The minimum absolute atomic E-state index is 0.0808. The van der Waals surface area contributed by atoms with E-state index in [-0.39, 0.29) is 11.8 Å². The van der Waals surface area contributed by atoms with Crippen LogP contribution < -0.4 is 0 Å². The van der Waals surface area contributed by atoms with Crippen LogP contribution in [-0.4, -0.2) is 54.9 Å². The molecule has 0 N–H and O–H groups in total. The van der Waals surface area contributed by atoms with E-state index in [1.54, 1.807) is 12.4 Å². The highest BCUT2D eigenvalue weighted by Gasteiger charge is 2.57. The quantitative estimate of drug-likeness (QED) is 0.581. The molecule has 1 amide bonds. The van der Waals surface area contributed by atoms with Crippen LogP contribution in [0.25, 0.3) is 0 Å². The maximum atomic E-state index is 13.9. The van der Waals surface area contributed by atoms with Crippen LogP contribution in [0, 0.1) is 12.3 Å². The summed E-state index contributed by atoms with van der Waals surface area (Å²) in [5.74, 6) is 0.334. The average molecular weight is 445 g/mol. The molecule has 5 rings (SSSR count). The standard InChI is InChI=1S/C26H32N6O/c1-19(2)32-16-24(28-18-32)23-15-30(14-22-6-4-5-20(3)29-22)17-26(23)9-12-31(25(26)33)13-21-7-10-27-11-8-21/h4-8,10-11,16,18-19,23H,9,12-15,17H2,1-3H3/t23-,26+/m0/s1. The molecule has 3 aromatic heterocycles. The average Bonchev–Trinajstić information content (AvgIpc) is 3.49. The van der Waals surface area contributed by atoms with Gasteiger partial charge in [0.2, 0.25) is 5.91 Å². The molecule has 2 aliphatic rings. The van der Waals surface area contributed by atoms with Gasteiger partial charge in [0.15, 0.2) is 0 Å². The third kappa shape index (κ3) is 4.17. The van der Waals surface area contributed by atoms with Crippen LogP contribution in [-0.2, 0) is 17.9 Å². The van der Waals surface area contributed by atoms with Crippen molar-refractivity contribution < 1.29 is 4.79 Å². The van der Waals surface area contributed by atoms with Crippen LogP contribution in [0.15, 0.2) is 55.2 Å². The number of aromatic nitrogens is 4. The van der Waals surface area contributed by atoms with Gasteiger partial charge in [0, 0.05) is 69.0 Å². The van der Waals surface area contributed by atoms with E-state index < -0.39 is 5.41 Å².